The number of nitrogens with zero attached hydrogens (tertiary/aromatic N) is 3. The van der Waals surface area contributed by atoms with E-state index in [-0.39, 0.29) is 22.9 Å². The highest BCUT2D eigenvalue weighted by atomic mass is 35.5. The Labute approximate surface area is 196 Å². The van der Waals surface area contributed by atoms with Gasteiger partial charge < -0.3 is 19.9 Å². The van der Waals surface area contributed by atoms with Crippen LogP contribution in [0.25, 0.3) is 0 Å². The van der Waals surface area contributed by atoms with Crippen molar-refractivity contribution in [2.24, 2.45) is 5.92 Å². The second-order valence-electron chi connectivity index (χ2n) is 8.29. The van der Waals surface area contributed by atoms with E-state index >= 15 is 0 Å². The summed E-state index contributed by atoms with van der Waals surface area (Å²) in [5, 5.41) is 3.01. The number of pyridine rings is 1. The number of rotatable bonds is 7. The summed E-state index contributed by atoms with van der Waals surface area (Å²) < 4.78 is 43.7. The molecule has 10 heteroatoms. The number of amides is 1. The number of nitrogens with one attached hydrogen (secondary N) is 1. The van der Waals surface area contributed by atoms with Crippen LogP contribution in [0.4, 0.5) is 19.0 Å². The Morgan fingerprint density at radius 1 is 1.27 bits per heavy atom. The second-order valence-corrected chi connectivity index (χ2v) is 8.69. The summed E-state index contributed by atoms with van der Waals surface area (Å²) in [4.78, 5) is 20.6. The molecule has 180 valence electrons. The highest BCUT2D eigenvalue weighted by Gasteiger charge is 2.33. The van der Waals surface area contributed by atoms with Crippen LogP contribution in [0, 0.1) is 5.92 Å². The number of hydrogen-bond donors (Lipinski definition) is 1. The number of halogens is 4. The molecule has 33 heavy (non-hydrogen) atoms. The quantitative estimate of drug-likeness (QED) is 0.631. The predicted molar refractivity (Wildman–Crippen MR) is 122 cm³/mol. The maximum Gasteiger partial charge on any atom is 0.417 e. The number of hydrogen-bond acceptors (Lipinski definition) is 5. The van der Waals surface area contributed by atoms with Crippen LogP contribution >= 0.6 is 11.6 Å². The molecule has 1 amide bonds. The van der Waals surface area contributed by atoms with E-state index in [9.17, 15) is 18.0 Å². The van der Waals surface area contributed by atoms with E-state index in [0.717, 1.165) is 23.6 Å². The molecule has 1 aromatic heterocycles. The maximum absolute atomic E-state index is 12.8. The van der Waals surface area contributed by atoms with Gasteiger partial charge in [0.05, 0.1) is 23.7 Å². The summed E-state index contributed by atoms with van der Waals surface area (Å²) in [6.07, 6.45) is -2.56. The standard InChI is InChI=1S/C23H28ClF3N4O2/c1-30(2)20(15-4-6-18(33-3)7-5-15)14-29-22(32)16-8-10-31(11-9-16)21-19(24)12-17(13-28-21)23(25,26)27/h4-7,12-13,16,20H,8-11,14H2,1-3H3,(H,29,32)/t20-/m0/s1. The van der Waals surface area contributed by atoms with Crippen molar-refractivity contribution in [1.82, 2.24) is 15.2 Å². The Balaban J connectivity index is 1.55. The zero-order valence-electron chi connectivity index (χ0n) is 18.8. The highest BCUT2D eigenvalue weighted by molar-refractivity contribution is 6.33. The Morgan fingerprint density at radius 2 is 1.91 bits per heavy atom. The molecule has 1 atom stereocenters. The lowest BCUT2D eigenvalue weighted by Gasteiger charge is -2.33. The summed E-state index contributed by atoms with van der Waals surface area (Å²) in [5.41, 5.74) is 0.191. The third-order valence-electron chi connectivity index (χ3n) is 5.91. The normalized spacial score (nSPS) is 16.1. The number of ether oxygens (including phenoxy) is 1. The molecule has 1 fully saturated rings. The molecular formula is C23H28ClF3N4O2. The molecule has 1 aliphatic heterocycles. The summed E-state index contributed by atoms with van der Waals surface area (Å²) >= 11 is 6.06. The van der Waals surface area contributed by atoms with E-state index in [1.165, 1.54) is 0 Å². The van der Waals surface area contributed by atoms with Gasteiger partial charge in [0, 0.05) is 31.7 Å². The van der Waals surface area contributed by atoms with Crippen LogP contribution in [0.2, 0.25) is 5.02 Å². The van der Waals surface area contributed by atoms with Crippen LogP contribution in [0.1, 0.15) is 30.0 Å². The molecule has 0 saturated carbocycles. The van der Waals surface area contributed by atoms with Crippen molar-refractivity contribution < 1.29 is 22.7 Å². The first-order chi connectivity index (χ1) is 15.6. The lowest BCUT2D eigenvalue weighted by Crippen LogP contribution is -2.43. The highest BCUT2D eigenvalue weighted by Crippen LogP contribution is 2.34. The number of alkyl halides is 3. The van der Waals surface area contributed by atoms with E-state index < -0.39 is 11.7 Å². The van der Waals surface area contributed by atoms with Gasteiger partial charge in [-0.05, 0) is 50.7 Å². The number of aromatic nitrogens is 1. The molecule has 1 aromatic carbocycles. The van der Waals surface area contributed by atoms with Crippen molar-refractivity contribution in [2.75, 3.05) is 45.7 Å². The van der Waals surface area contributed by atoms with Crippen LogP contribution in [0.15, 0.2) is 36.5 Å². The monoisotopic (exact) mass is 484 g/mol. The zero-order chi connectivity index (χ0) is 24.2. The SMILES string of the molecule is COc1ccc([C@H](CNC(=O)C2CCN(c3ncc(C(F)(F)F)cc3Cl)CC2)N(C)C)cc1. The minimum Gasteiger partial charge on any atom is -0.497 e. The Bertz CT molecular complexity index is 946. The van der Waals surface area contributed by atoms with Crippen molar-refractivity contribution >= 4 is 23.3 Å². The van der Waals surface area contributed by atoms with E-state index in [0.29, 0.717) is 38.3 Å². The average molecular weight is 485 g/mol. The molecule has 2 aromatic rings. The van der Waals surface area contributed by atoms with Crippen LogP contribution in [-0.2, 0) is 11.0 Å². The lowest BCUT2D eigenvalue weighted by molar-refractivity contribution is -0.137. The van der Waals surface area contributed by atoms with Gasteiger partial charge in [0.1, 0.15) is 11.6 Å². The number of benzene rings is 1. The van der Waals surface area contributed by atoms with Gasteiger partial charge in [0.25, 0.3) is 0 Å². The number of likely N-dealkylation sites (N-methyl/N-ethyl adjacent to an activating group) is 1. The predicted octanol–water partition coefficient (Wildman–Crippen LogP) is 4.40. The molecule has 6 nitrogen and oxygen atoms in total. The molecule has 0 aliphatic carbocycles. The van der Waals surface area contributed by atoms with Crippen molar-refractivity contribution in [1.29, 1.82) is 0 Å². The maximum atomic E-state index is 12.8. The summed E-state index contributed by atoms with van der Waals surface area (Å²) in [6, 6.07) is 8.65. The molecule has 0 unspecified atom stereocenters. The van der Waals surface area contributed by atoms with E-state index in [2.05, 4.69) is 10.3 Å². The van der Waals surface area contributed by atoms with Gasteiger partial charge in [-0.15, -0.1) is 0 Å². The number of carbonyl (C=O) groups excluding carboxylic acids is 1. The minimum absolute atomic E-state index is 0.00935. The summed E-state index contributed by atoms with van der Waals surface area (Å²) in [5.74, 6) is 0.889. The van der Waals surface area contributed by atoms with Gasteiger partial charge in [-0.2, -0.15) is 13.2 Å². The number of anilines is 1. The largest absolute Gasteiger partial charge is 0.497 e. The molecule has 2 heterocycles. The number of piperidine rings is 1. The average Bonchev–Trinajstić information content (AvgIpc) is 2.78. The minimum atomic E-state index is -4.49. The van der Waals surface area contributed by atoms with Gasteiger partial charge >= 0.3 is 6.18 Å². The fourth-order valence-electron chi connectivity index (χ4n) is 3.94. The molecule has 1 N–H and O–H groups in total. The first kappa shape index (κ1) is 25.1. The molecule has 1 aliphatic rings. The van der Waals surface area contributed by atoms with Crippen molar-refractivity contribution in [3.8, 4) is 5.75 Å². The Morgan fingerprint density at radius 3 is 2.42 bits per heavy atom. The van der Waals surface area contributed by atoms with Crippen molar-refractivity contribution in [3.05, 3.63) is 52.7 Å². The van der Waals surface area contributed by atoms with Gasteiger partial charge in [0.2, 0.25) is 5.91 Å². The van der Waals surface area contributed by atoms with Crippen LogP contribution < -0.4 is 15.0 Å². The first-order valence-corrected chi connectivity index (χ1v) is 11.0. The van der Waals surface area contributed by atoms with Crippen LogP contribution in [0.3, 0.4) is 0 Å². The zero-order valence-corrected chi connectivity index (χ0v) is 19.6. The number of carbonyl (C=O) groups is 1. The third kappa shape index (κ3) is 6.29. The molecule has 1 saturated heterocycles. The topological polar surface area (TPSA) is 57.7 Å². The Hall–Kier alpha value is -2.52. The fraction of sp³-hybridized carbons (Fsp3) is 0.478. The Kier molecular flexibility index (Phi) is 8.07. The summed E-state index contributed by atoms with van der Waals surface area (Å²) in [7, 11) is 5.53. The fourth-order valence-corrected chi connectivity index (χ4v) is 4.22. The van der Waals surface area contributed by atoms with E-state index in [1.807, 2.05) is 48.2 Å². The number of methoxy groups -OCH3 is 1. The van der Waals surface area contributed by atoms with Crippen LogP contribution in [0.5, 0.6) is 5.75 Å². The smallest absolute Gasteiger partial charge is 0.417 e. The molecule has 0 spiro atoms. The van der Waals surface area contributed by atoms with Gasteiger partial charge in [0.15, 0.2) is 0 Å². The molecule has 0 radical (unpaired) electrons. The molecule has 0 bridgehead atoms. The van der Waals surface area contributed by atoms with Gasteiger partial charge in [-0.25, -0.2) is 4.98 Å². The second kappa shape index (κ2) is 10.6. The lowest BCUT2D eigenvalue weighted by atomic mass is 9.95. The van der Waals surface area contributed by atoms with E-state index in [4.69, 9.17) is 16.3 Å². The molecule has 3 rings (SSSR count). The third-order valence-corrected chi connectivity index (χ3v) is 6.19. The van der Waals surface area contributed by atoms with Gasteiger partial charge in [-0.1, -0.05) is 23.7 Å². The summed E-state index contributed by atoms with van der Waals surface area (Å²) in [6.45, 7) is 1.45. The van der Waals surface area contributed by atoms with Crippen molar-refractivity contribution in [3.63, 3.8) is 0 Å². The first-order valence-electron chi connectivity index (χ1n) is 10.7. The molecular weight excluding hydrogens is 457 g/mol. The van der Waals surface area contributed by atoms with Crippen molar-refractivity contribution in [2.45, 2.75) is 25.1 Å². The van der Waals surface area contributed by atoms with Crippen LogP contribution in [-0.4, -0.2) is 56.6 Å². The van der Waals surface area contributed by atoms with E-state index in [1.54, 1.807) is 7.11 Å². The van der Waals surface area contributed by atoms with Gasteiger partial charge in [-0.3, -0.25) is 4.79 Å².